The number of halogens is 1. The van der Waals surface area contributed by atoms with Gasteiger partial charge in [-0.3, -0.25) is 9.59 Å². The number of hydrogen-bond donors (Lipinski definition) is 1. The zero-order chi connectivity index (χ0) is 15.6. The molecule has 5 nitrogen and oxygen atoms in total. The van der Waals surface area contributed by atoms with Crippen molar-refractivity contribution in [3.05, 3.63) is 20.3 Å². The van der Waals surface area contributed by atoms with E-state index in [-0.39, 0.29) is 12.3 Å². The zero-order valence-electron chi connectivity index (χ0n) is 12.0. The number of aliphatic carboxylic acids is 1. The summed E-state index contributed by atoms with van der Waals surface area (Å²) in [5, 5.41) is 9.50. The first-order valence-corrected chi connectivity index (χ1v) is 8.33. The van der Waals surface area contributed by atoms with E-state index in [4.69, 9.17) is 4.74 Å². The van der Waals surface area contributed by atoms with E-state index in [1.807, 2.05) is 13.0 Å². The van der Waals surface area contributed by atoms with Crippen LogP contribution in [0.1, 0.15) is 28.6 Å². The molecule has 0 bridgehead atoms. The number of carbonyl (C=O) groups is 2. The summed E-state index contributed by atoms with van der Waals surface area (Å²) in [7, 11) is 1.57. The quantitative estimate of drug-likeness (QED) is 0.858. The molecular weight excluding hydrogens is 358 g/mol. The summed E-state index contributed by atoms with van der Waals surface area (Å²) < 4.78 is 6.01. The number of ether oxygens (including phenoxy) is 1. The number of hydrogen-bond acceptors (Lipinski definition) is 4. The third kappa shape index (κ3) is 3.46. The van der Waals surface area contributed by atoms with Crippen molar-refractivity contribution in [2.45, 2.75) is 25.8 Å². The normalized spacial score (nSPS) is 22.6. The maximum absolute atomic E-state index is 12.2. The number of piperidine rings is 1. The fourth-order valence-electron chi connectivity index (χ4n) is 2.64. The van der Waals surface area contributed by atoms with Gasteiger partial charge in [-0.2, -0.15) is 0 Å². The minimum atomic E-state index is -0.850. The number of thiophene rings is 1. The van der Waals surface area contributed by atoms with Crippen LogP contribution in [0.3, 0.4) is 0 Å². The van der Waals surface area contributed by atoms with Crippen molar-refractivity contribution in [2.75, 3.05) is 20.3 Å². The molecule has 0 radical (unpaired) electrons. The summed E-state index contributed by atoms with van der Waals surface area (Å²) in [6, 6.07) is 1.52. The Hall–Kier alpha value is -0.920. The minimum Gasteiger partial charge on any atom is -0.481 e. The Morgan fingerprint density at radius 1 is 1.62 bits per heavy atom. The van der Waals surface area contributed by atoms with Gasteiger partial charge in [0.1, 0.15) is 0 Å². The predicted octanol–water partition coefficient (Wildman–Crippen LogP) is 2.83. The molecule has 1 aromatic rings. The molecule has 0 saturated carbocycles. The number of nitrogens with zero attached hydrogens (tertiary/aromatic N) is 1. The van der Waals surface area contributed by atoms with Crippen LogP contribution in [-0.2, 0) is 14.3 Å². The molecule has 7 heteroatoms. The van der Waals surface area contributed by atoms with Crippen LogP contribution in [0.25, 0.3) is 0 Å². The molecule has 0 aromatic carbocycles. The summed E-state index contributed by atoms with van der Waals surface area (Å²) in [6.45, 7) is 2.79. The molecule has 2 unspecified atom stereocenters. The van der Waals surface area contributed by atoms with Gasteiger partial charge in [0.25, 0.3) is 0 Å². The third-order valence-corrected chi connectivity index (χ3v) is 5.94. The fraction of sp³-hybridized carbons (Fsp3) is 0.571. The van der Waals surface area contributed by atoms with Gasteiger partial charge < -0.3 is 14.7 Å². The Kier molecular flexibility index (Phi) is 5.40. The van der Waals surface area contributed by atoms with Gasteiger partial charge in [0.2, 0.25) is 5.91 Å². The van der Waals surface area contributed by atoms with Crippen molar-refractivity contribution < 1.29 is 19.4 Å². The van der Waals surface area contributed by atoms with E-state index in [0.717, 1.165) is 14.2 Å². The second-order valence-corrected chi connectivity index (χ2v) is 7.20. The number of rotatable bonds is 5. The Bertz CT molecular complexity index is 526. The largest absolute Gasteiger partial charge is 0.481 e. The summed E-state index contributed by atoms with van der Waals surface area (Å²) in [5.41, 5.74) is 0. The van der Waals surface area contributed by atoms with E-state index < -0.39 is 17.9 Å². The SMILES string of the molecule is COCCN1C(=O)CCC(C(=O)O)C1c1cc(Br)c(C)s1. The van der Waals surface area contributed by atoms with E-state index in [9.17, 15) is 14.7 Å². The Morgan fingerprint density at radius 3 is 2.86 bits per heavy atom. The van der Waals surface area contributed by atoms with E-state index in [1.54, 1.807) is 12.0 Å². The molecule has 1 N–H and O–H groups in total. The number of amides is 1. The van der Waals surface area contributed by atoms with E-state index in [1.165, 1.54) is 11.3 Å². The van der Waals surface area contributed by atoms with Crippen LogP contribution in [0, 0.1) is 12.8 Å². The first-order valence-electron chi connectivity index (χ1n) is 6.72. The smallest absolute Gasteiger partial charge is 0.308 e. The molecule has 0 aliphatic carbocycles. The molecule has 0 spiro atoms. The lowest BCUT2D eigenvalue weighted by atomic mass is 9.87. The summed E-state index contributed by atoms with van der Waals surface area (Å²) in [4.78, 5) is 27.4. The van der Waals surface area contributed by atoms with E-state index in [2.05, 4.69) is 15.9 Å². The number of methoxy groups -OCH3 is 1. The molecule has 2 atom stereocenters. The molecule has 1 aliphatic heterocycles. The first kappa shape index (κ1) is 16.5. The fourth-order valence-corrected chi connectivity index (χ4v) is 4.38. The van der Waals surface area contributed by atoms with Crippen LogP contribution >= 0.6 is 27.3 Å². The van der Waals surface area contributed by atoms with Gasteiger partial charge in [0.15, 0.2) is 0 Å². The first-order chi connectivity index (χ1) is 9.95. The van der Waals surface area contributed by atoms with Gasteiger partial charge in [-0.1, -0.05) is 0 Å². The van der Waals surface area contributed by atoms with Gasteiger partial charge in [0.05, 0.1) is 18.6 Å². The topological polar surface area (TPSA) is 66.8 Å². The van der Waals surface area contributed by atoms with Crippen LogP contribution in [-0.4, -0.2) is 42.1 Å². The molecule has 116 valence electrons. The lowest BCUT2D eigenvalue weighted by molar-refractivity contribution is -0.152. The lowest BCUT2D eigenvalue weighted by Crippen LogP contribution is -2.46. The summed E-state index contributed by atoms with van der Waals surface area (Å²) >= 11 is 5.00. The Labute approximate surface area is 136 Å². The highest BCUT2D eigenvalue weighted by atomic mass is 79.9. The van der Waals surface area contributed by atoms with Crippen LogP contribution in [0.4, 0.5) is 0 Å². The highest BCUT2D eigenvalue weighted by Gasteiger charge is 2.41. The minimum absolute atomic E-state index is 0.00303. The van der Waals surface area contributed by atoms with Crippen LogP contribution in [0.2, 0.25) is 0 Å². The molecule has 1 saturated heterocycles. The summed E-state index contributed by atoms with van der Waals surface area (Å²) in [6.07, 6.45) is 0.666. The van der Waals surface area contributed by atoms with Crippen LogP contribution < -0.4 is 0 Å². The molecule has 1 fully saturated rings. The van der Waals surface area contributed by atoms with E-state index in [0.29, 0.717) is 19.6 Å². The average molecular weight is 376 g/mol. The van der Waals surface area contributed by atoms with Crippen LogP contribution in [0.5, 0.6) is 0 Å². The van der Waals surface area contributed by atoms with Crippen molar-refractivity contribution in [3.8, 4) is 0 Å². The molecule has 21 heavy (non-hydrogen) atoms. The molecule has 1 aliphatic rings. The van der Waals surface area contributed by atoms with E-state index >= 15 is 0 Å². The van der Waals surface area contributed by atoms with Gasteiger partial charge in [0, 0.05) is 34.3 Å². The number of carboxylic acids is 1. The van der Waals surface area contributed by atoms with Gasteiger partial charge in [-0.05, 0) is 35.3 Å². The number of carbonyl (C=O) groups excluding carboxylic acids is 1. The maximum atomic E-state index is 12.2. The van der Waals surface area contributed by atoms with Crippen molar-refractivity contribution in [1.82, 2.24) is 4.90 Å². The second kappa shape index (κ2) is 6.89. The highest BCUT2D eigenvalue weighted by molar-refractivity contribution is 9.10. The lowest BCUT2D eigenvalue weighted by Gasteiger charge is -2.38. The number of carboxylic acid groups (broad SMARTS) is 1. The highest BCUT2D eigenvalue weighted by Crippen LogP contribution is 2.41. The summed E-state index contributed by atoms with van der Waals surface area (Å²) in [5.74, 6) is -1.42. The van der Waals surface area contributed by atoms with Crippen molar-refractivity contribution >= 4 is 39.1 Å². The van der Waals surface area contributed by atoms with Gasteiger partial charge in [-0.15, -0.1) is 11.3 Å². The van der Waals surface area contributed by atoms with Crippen molar-refractivity contribution in [2.24, 2.45) is 5.92 Å². The molecule has 2 heterocycles. The molecular formula is C14H18BrNO4S. The standard InChI is InChI=1S/C14H18BrNO4S/c1-8-10(15)7-11(21-8)13-9(14(18)19)3-4-12(17)16(13)5-6-20-2/h7,9,13H,3-6H2,1-2H3,(H,18,19). The Morgan fingerprint density at radius 2 is 2.33 bits per heavy atom. The van der Waals surface area contributed by atoms with Gasteiger partial charge in [-0.25, -0.2) is 0 Å². The van der Waals surface area contributed by atoms with Crippen molar-refractivity contribution in [1.29, 1.82) is 0 Å². The monoisotopic (exact) mass is 375 g/mol. The second-order valence-electron chi connectivity index (χ2n) is 5.06. The average Bonchev–Trinajstić information content (AvgIpc) is 2.76. The Balaban J connectivity index is 2.38. The number of aryl methyl sites for hydroxylation is 1. The maximum Gasteiger partial charge on any atom is 0.308 e. The predicted molar refractivity (Wildman–Crippen MR) is 83.4 cm³/mol. The molecule has 2 rings (SSSR count). The number of likely N-dealkylation sites (tertiary alicyclic amines) is 1. The van der Waals surface area contributed by atoms with Crippen molar-refractivity contribution in [3.63, 3.8) is 0 Å². The molecule has 1 amide bonds. The van der Waals surface area contributed by atoms with Crippen LogP contribution in [0.15, 0.2) is 10.5 Å². The zero-order valence-corrected chi connectivity index (χ0v) is 14.4. The molecule has 1 aromatic heterocycles. The third-order valence-electron chi connectivity index (χ3n) is 3.73. The van der Waals surface area contributed by atoms with Gasteiger partial charge >= 0.3 is 5.97 Å².